The summed E-state index contributed by atoms with van der Waals surface area (Å²) in [6.07, 6.45) is -3.76. The lowest BCUT2D eigenvalue weighted by atomic mass is 9.96. The van der Waals surface area contributed by atoms with Crippen molar-refractivity contribution in [2.45, 2.75) is 35.8 Å². The molecule has 2 rings (SSSR count). The Kier molecular flexibility index (Phi) is 5.57. The van der Waals surface area contributed by atoms with Crippen LogP contribution in [0.25, 0.3) is 0 Å². The molecule has 0 aliphatic heterocycles. The van der Waals surface area contributed by atoms with E-state index in [0.717, 1.165) is 12.1 Å². The van der Waals surface area contributed by atoms with Crippen LogP contribution in [0.3, 0.4) is 0 Å². The number of rotatable bonds is 5. The first-order chi connectivity index (χ1) is 11.8. The molecule has 0 aliphatic carbocycles. The average Bonchev–Trinajstić information content (AvgIpc) is 2.50. The van der Waals surface area contributed by atoms with E-state index in [1.807, 2.05) is 0 Å². The Morgan fingerprint density at radius 2 is 1.00 bits per heavy atom. The second-order valence-corrected chi connectivity index (χ2v) is 8.70. The van der Waals surface area contributed by atoms with Crippen LogP contribution < -0.4 is 0 Å². The van der Waals surface area contributed by atoms with E-state index in [9.17, 15) is 36.2 Å². The van der Waals surface area contributed by atoms with Crippen LogP contribution in [0.5, 0.6) is 0 Å². The summed E-state index contributed by atoms with van der Waals surface area (Å²) < 4.78 is 64.8. The van der Waals surface area contributed by atoms with E-state index in [2.05, 4.69) is 0 Å². The van der Waals surface area contributed by atoms with Gasteiger partial charge in [-0.05, 0) is 26.0 Å². The summed E-state index contributed by atoms with van der Waals surface area (Å²) in [6.45, 7) is 3.21. The van der Waals surface area contributed by atoms with E-state index in [0.29, 0.717) is 11.1 Å². The third kappa shape index (κ3) is 4.29. The Balaban J connectivity index is 2.65. The summed E-state index contributed by atoms with van der Waals surface area (Å²) >= 11 is 0. The molecule has 2 unspecified atom stereocenters. The third-order valence-corrected chi connectivity index (χ3v) is 5.68. The molecule has 0 aliphatic rings. The molecule has 0 radical (unpaired) electrons. The zero-order valence-electron chi connectivity index (χ0n) is 13.9. The van der Waals surface area contributed by atoms with Crippen LogP contribution >= 0.6 is 0 Å². The van der Waals surface area contributed by atoms with Gasteiger partial charge in [-0.15, -0.1) is 0 Å². The summed E-state index contributed by atoms with van der Waals surface area (Å²) in [7, 11) is -9.39. The minimum atomic E-state index is -4.70. The van der Waals surface area contributed by atoms with Gasteiger partial charge in [0, 0.05) is 11.1 Å². The van der Waals surface area contributed by atoms with Gasteiger partial charge in [0.1, 0.15) is 12.2 Å². The molecule has 0 fully saturated rings. The van der Waals surface area contributed by atoms with Gasteiger partial charge >= 0.3 is 0 Å². The minimum absolute atomic E-state index is 0.303. The van der Waals surface area contributed by atoms with Gasteiger partial charge in [0.05, 0.1) is 9.79 Å². The highest BCUT2D eigenvalue weighted by Gasteiger charge is 2.30. The molecule has 0 aromatic heterocycles. The first-order valence-electron chi connectivity index (χ1n) is 7.34. The van der Waals surface area contributed by atoms with Crippen LogP contribution in [-0.4, -0.2) is 36.2 Å². The van der Waals surface area contributed by atoms with E-state index in [4.69, 9.17) is 0 Å². The number of aliphatic hydroxyl groups excluding tert-OH is 2. The van der Waals surface area contributed by atoms with Gasteiger partial charge in [-0.2, -0.15) is 16.8 Å². The standard InChI is InChI=1S/C16H18O8S2/c1-9-3-5-13(25(19,20)21)11(7-9)15(17)16(18)12-8-10(2)4-6-14(12)26(22,23)24/h3-8,15-18H,1-2H3,(H,19,20,21)(H,22,23,24). The van der Waals surface area contributed by atoms with E-state index in [-0.39, 0.29) is 11.1 Å². The minimum Gasteiger partial charge on any atom is -0.385 e. The van der Waals surface area contributed by atoms with Gasteiger partial charge in [-0.3, -0.25) is 9.11 Å². The fourth-order valence-electron chi connectivity index (χ4n) is 2.61. The highest BCUT2D eigenvalue weighted by molar-refractivity contribution is 7.86. The topological polar surface area (TPSA) is 149 Å². The summed E-state index contributed by atoms with van der Waals surface area (Å²) in [5, 5.41) is 21.0. The Bertz CT molecular complexity index is 956. The van der Waals surface area contributed by atoms with Gasteiger partial charge in [-0.25, -0.2) is 0 Å². The van der Waals surface area contributed by atoms with Crippen LogP contribution in [0.2, 0.25) is 0 Å². The molecule has 0 heterocycles. The molecule has 0 spiro atoms. The smallest absolute Gasteiger partial charge is 0.294 e. The summed E-state index contributed by atoms with van der Waals surface area (Å²) in [5.41, 5.74) is 0.473. The molecular weight excluding hydrogens is 384 g/mol. The lowest BCUT2D eigenvalue weighted by molar-refractivity contribution is 0.0137. The van der Waals surface area contributed by atoms with Crippen molar-refractivity contribution in [3.63, 3.8) is 0 Å². The van der Waals surface area contributed by atoms with Gasteiger partial charge in [0.15, 0.2) is 0 Å². The van der Waals surface area contributed by atoms with Crippen molar-refractivity contribution in [2.24, 2.45) is 0 Å². The molecule has 26 heavy (non-hydrogen) atoms. The first-order valence-corrected chi connectivity index (χ1v) is 10.2. The summed E-state index contributed by atoms with van der Waals surface area (Å²) in [6, 6.07) is 7.41. The monoisotopic (exact) mass is 402 g/mol. The molecule has 2 aromatic rings. The molecule has 2 aromatic carbocycles. The Morgan fingerprint density at radius 3 is 1.27 bits per heavy atom. The van der Waals surface area contributed by atoms with Crippen LogP contribution in [-0.2, 0) is 20.2 Å². The summed E-state index contributed by atoms with van der Waals surface area (Å²) in [4.78, 5) is -1.23. The molecule has 0 saturated carbocycles. The van der Waals surface area contributed by atoms with Crippen LogP contribution in [0.4, 0.5) is 0 Å². The molecule has 0 bridgehead atoms. The van der Waals surface area contributed by atoms with E-state index >= 15 is 0 Å². The lowest BCUT2D eigenvalue weighted by Gasteiger charge is -2.22. The number of aryl methyl sites for hydroxylation is 2. The van der Waals surface area contributed by atoms with E-state index < -0.39 is 42.2 Å². The van der Waals surface area contributed by atoms with Gasteiger partial charge in [0.25, 0.3) is 20.2 Å². The van der Waals surface area contributed by atoms with Crippen molar-refractivity contribution < 1.29 is 36.2 Å². The molecule has 8 nitrogen and oxygen atoms in total. The highest BCUT2D eigenvalue weighted by atomic mass is 32.2. The van der Waals surface area contributed by atoms with Crippen LogP contribution in [0, 0.1) is 13.8 Å². The average molecular weight is 402 g/mol. The SMILES string of the molecule is Cc1ccc(S(=O)(=O)O)c(C(O)C(O)c2cc(C)ccc2S(=O)(=O)O)c1. The van der Waals surface area contributed by atoms with Crippen molar-refractivity contribution in [3.8, 4) is 0 Å². The Morgan fingerprint density at radius 1 is 0.692 bits per heavy atom. The van der Waals surface area contributed by atoms with Crippen LogP contribution in [0.15, 0.2) is 46.2 Å². The van der Waals surface area contributed by atoms with Gasteiger partial charge in [-0.1, -0.05) is 35.4 Å². The maximum absolute atomic E-state index is 11.5. The maximum atomic E-state index is 11.5. The number of hydrogen-bond donors (Lipinski definition) is 4. The Labute approximate surface area is 151 Å². The molecule has 142 valence electrons. The first kappa shape index (κ1) is 20.5. The number of hydrogen-bond acceptors (Lipinski definition) is 6. The zero-order chi connectivity index (χ0) is 19.9. The van der Waals surface area contributed by atoms with Gasteiger partial charge < -0.3 is 10.2 Å². The van der Waals surface area contributed by atoms with Crippen molar-refractivity contribution in [1.82, 2.24) is 0 Å². The van der Waals surface area contributed by atoms with Crippen molar-refractivity contribution >= 4 is 20.2 Å². The fraction of sp³-hybridized carbons (Fsp3) is 0.250. The second-order valence-electron chi connectivity index (χ2n) is 5.92. The Hall–Kier alpha value is -1.82. The van der Waals surface area contributed by atoms with Crippen LogP contribution in [0.1, 0.15) is 34.5 Å². The molecule has 0 amide bonds. The quantitative estimate of drug-likeness (QED) is 0.551. The normalized spacial score (nSPS) is 14.8. The van der Waals surface area contributed by atoms with Crippen molar-refractivity contribution in [3.05, 3.63) is 58.7 Å². The molecule has 10 heteroatoms. The number of aliphatic hydroxyl groups is 2. The molecular formula is C16H18O8S2. The van der Waals surface area contributed by atoms with Crippen molar-refractivity contribution in [1.29, 1.82) is 0 Å². The molecule has 4 N–H and O–H groups in total. The third-order valence-electron chi connectivity index (χ3n) is 3.82. The highest BCUT2D eigenvalue weighted by Crippen LogP contribution is 2.36. The predicted octanol–water partition coefficient (Wildman–Crippen LogP) is 1.56. The fourth-order valence-corrected chi connectivity index (χ4v) is 4.04. The molecule has 2 atom stereocenters. The van der Waals surface area contributed by atoms with Gasteiger partial charge in [0.2, 0.25) is 0 Å². The van der Waals surface area contributed by atoms with E-state index in [1.54, 1.807) is 13.8 Å². The molecule has 0 saturated heterocycles. The second kappa shape index (κ2) is 7.06. The zero-order valence-corrected chi connectivity index (χ0v) is 15.5. The largest absolute Gasteiger partial charge is 0.385 e. The maximum Gasteiger partial charge on any atom is 0.294 e. The van der Waals surface area contributed by atoms with Crippen molar-refractivity contribution in [2.75, 3.05) is 0 Å². The summed E-state index contributed by atoms with van der Waals surface area (Å²) in [5.74, 6) is 0. The van der Waals surface area contributed by atoms with E-state index in [1.165, 1.54) is 24.3 Å². The lowest BCUT2D eigenvalue weighted by Crippen LogP contribution is -2.17. The number of benzene rings is 2. The predicted molar refractivity (Wildman–Crippen MR) is 91.9 cm³/mol.